The van der Waals surface area contributed by atoms with Crippen LogP contribution < -0.4 is 24.2 Å². The van der Waals surface area contributed by atoms with Crippen LogP contribution in [0.2, 0.25) is 5.02 Å². The molecule has 0 saturated carbocycles. The molecule has 1 aromatic heterocycles. The van der Waals surface area contributed by atoms with E-state index in [1.165, 1.54) is 44.8 Å². The molecule has 11 heteroatoms. The molecule has 0 saturated heterocycles. The lowest BCUT2D eigenvalue weighted by molar-refractivity contribution is 0.324. The number of hydrogen-bond acceptors (Lipinski definition) is 7. The molecule has 30 heavy (non-hydrogen) atoms. The van der Waals surface area contributed by atoms with Crippen LogP contribution in [-0.4, -0.2) is 34.3 Å². The molecule has 1 heterocycles. The average Bonchev–Trinajstić information content (AvgIpc) is 3.06. The van der Waals surface area contributed by atoms with E-state index >= 15 is 0 Å². The third-order valence-electron chi connectivity index (χ3n) is 4.33. The van der Waals surface area contributed by atoms with Crippen molar-refractivity contribution in [1.82, 2.24) is 4.57 Å². The number of rotatable bonds is 6. The highest BCUT2D eigenvalue weighted by molar-refractivity contribution is 7.89. The van der Waals surface area contributed by atoms with E-state index in [0.29, 0.717) is 33.3 Å². The molecule has 0 unspecified atom stereocenters. The Morgan fingerprint density at radius 3 is 2.23 bits per heavy atom. The van der Waals surface area contributed by atoms with Gasteiger partial charge in [0.1, 0.15) is 4.90 Å². The lowest BCUT2D eigenvalue weighted by Crippen LogP contribution is -2.13. The van der Waals surface area contributed by atoms with Crippen molar-refractivity contribution in [2.75, 3.05) is 21.3 Å². The predicted molar refractivity (Wildman–Crippen MR) is 116 cm³/mol. The molecular weight excluding hydrogens is 450 g/mol. The topological polar surface area (TPSA) is 105 Å². The first-order valence-corrected chi connectivity index (χ1v) is 11.3. The number of nitrogens with two attached hydrogens (primary N) is 1. The zero-order chi connectivity index (χ0) is 22.1. The van der Waals surface area contributed by atoms with Gasteiger partial charge in [-0.25, -0.2) is 18.5 Å². The zero-order valence-corrected chi connectivity index (χ0v) is 19.1. The number of ether oxygens (including phenoxy) is 3. The second kappa shape index (κ2) is 8.68. The molecule has 0 bridgehead atoms. The number of thiazole rings is 1. The minimum atomic E-state index is -3.94. The van der Waals surface area contributed by atoms with E-state index in [4.69, 9.17) is 31.0 Å². The molecular formula is C19H20ClN3O5S2. The molecule has 0 aliphatic carbocycles. The highest BCUT2D eigenvalue weighted by Gasteiger charge is 2.16. The SMILES string of the molecule is COc1cc(N=c2scc(-c3ccc(Cl)c(S(N)(=O)=O)c3)n2C)cc(OC)c1OC. The van der Waals surface area contributed by atoms with Gasteiger partial charge in [0, 0.05) is 30.1 Å². The van der Waals surface area contributed by atoms with E-state index < -0.39 is 10.0 Å². The number of hydrogen-bond donors (Lipinski definition) is 1. The molecule has 0 atom stereocenters. The lowest BCUT2D eigenvalue weighted by Gasteiger charge is -2.12. The maximum Gasteiger partial charge on any atom is 0.239 e. The van der Waals surface area contributed by atoms with Crippen molar-refractivity contribution in [3.63, 3.8) is 0 Å². The van der Waals surface area contributed by atoms with Gasteiger partial charge in [-0.1, -0.05) is 17.7 Å². The lowest BCUT2D eigenvalue weighted by atomic mass is 10.2. The summed E-state index contributed by atoms with van der Waals surface area (Å²) < 4.78 is 41.5. The quantitative estimate of drug-likeness (QED) is 0.596. The second-order valence-corrected chi connectivity index (χ2v) is 8.92. The van der Waals surface area contributed by atoms with Crippen molar-refractivity contribution in [3.05, 3.63) is 45.5 Å². The first-order valence-electron chi connectivity index (χ1n) is 8.51. The van der Waals surface area contributed by atoms with Gasteiger partial charge in [-0.2, -0.15) is 0 Å². The van der Waals surface area contributed by atoms with Crippen LogP contribution in [0, 0.1) is 0 Å². The average molecular weight is 470 g/mol. The first kappa shape index (κ1) is 22.2. The normalized spacial score (nSPS) is 12.1. The van der Waals surface area contributed by atoms with Crippen LogP contribution in [0.3, 0.4) is 0 Å². The Morgan fingerprint density at radius 2 is 1.70 bits per heavy atom. The monoisotopic (exact) mass is 469 g/mol. The van der Waals surface area contributed by atoms with Gasteiger partial charge >= 0.3 is 0 Å². The second-order valence-electron chi connectivity index (χ2n) is 6.15. The highest BCUT2D eigenvalue weighted by Crippen LogP contribution is 2.40. The fourth-order valence-electron chi connectivity index (χ4n) is 2.86. The summed E-state index contributed by atoms with van der Waals surface area (Å²) in [5, 5.41) is 7.20. The van der Waals surface area contributed by atoms with E-state index in [-0.39, 0.29) is 9.92 Å². The smallest absolute Gasteiger partial charge is 0.239 e. The molecule has 0 fully saturated rings. The van der Waals surface area contributed by atoms with Crippen molar-refractivity contribution < 1.29 is 22.6 Å². The van der Waals surface area contributed by atoms with Gasteiger partial charge in [-0.15, -0.1) is 11.3 Å². The fourth-order valence-corrected chi connectivity index (χ4v) is 4.85. The van der Waals surface area contributed by atoms with Crippen molar-refractivity contribution in [2.45, 2.75) is 4.90 Å². The molecule has 0 radical (unpaired) electrons. The summed E-state index contributed by atoms with van der Waals surface area (Å²) in [6.45, 7) is 0. The van der Waals surface area contributed by atoms with Crippen LogP contribution in [0.25, 0.3) is 11.3 Å². The van der Waals surface area contributed by atoms with Crippen molar-refractivity contribution in [3.8, 4) is 28.5 Å². The minimum Gasteiger partial charge on any atom is -0.493 e. The van der Waals surface area contributed by atoms with E-state index in [9.17, 15) is 8.42 Å². The molecule has 0 aliphatic rings. The van der Waals surface area contributed by atoms with Crippen molar-refractivity contribution in [1.29, 1.82) is 0 Å². The molecule has 2 N–H and O–H groups in total. The largest absolute Gasteiger partial charge is 0.493 e. The highest BCUT2D eigenvalue weighted by atomic mass is 35.5. The Kier molecular flexibility index (Phi) is 6.41. The number of benzene rings is 2. The maximum atomic E-state index is 11.8. The molecule has 160 valence electrons. The molecule has 3 aromatic rings. The van der Waals surface area contributed by atoms with Crippen LogP contribution in [-0.2, 0) is 17.1 Å². The minimum absolute atomic E-state index is 0.0708. The Hall–Kier alpha value is -2.53. The van der Waals surface area contributed by atoms with Gasteiger partial charge in [0.2, 0.25) is 15.8 Å². The number of nitrogens with zero attached hydrogens (tertiary/aromatic N) is 2. The van der Waals surface area contributed by atoms with Crippen LogP contribution in [0.1, 0.15) is 0 Å². The standard InChI is InChI=1S/C19H20ClN3O5S2/c1-23-14(11-5-6-13(20)17(7-11)30(21,24)25)10-29-19(23)22-12-8-15(26-2)18(28-4)16(9-12)27-3/h5-10H,1-4H3,(H2,21,24,25). The van der Waals surface area contributed by atoms with E-state index in [1.807, 2.05) is 17.0 Å². The summed E-state index contributed by atoms with van der Waals surface area (Å²) in [5.41, 5.74) is 2.01. The summed E-state index contributed by atoms with van der Waals surface area (Å²) in [6.07, 6.45) is 0. The molecule has 0 spiro atoms. The van der Waals surface area contributed by atoms with Crippen LogP contribution in [0.15, 0.2) is 45.6 Å². The molecule has 0 amide bonds. The van der Waals surface area contributed by atoms with Crippen molar-refractivity contribution in [2.24, 2.45) is 17.2 Å². The molecule has 3 rings (SSSR count). The van der Waals surface area contributed by atoms with Crippen LogP contribution in [0.4, 0.5) is 5.69 Å². The van der Waals surface area contributed by atoms with Gasteiger partial charge in [-0.05, 0) is 12.1 Å². The van der Waals surface area contributed by atoms with Gasteiger partial charge in [-0.3, -0.25) is 0 Å². The molecule has 0 aliphatic heterocycles. The Morgan fingerprint density at radius 1 is 1.07 bits per heavy atom. The molecule has 2 aromatic carbocycles. The maximum absolute atomic E-state index is 11.8. The predicted octanol–water partition coefficient (Wildman–Crippen LogP) is 3.31. The van der Waals surface area contributed by atoms with E-state index in [2.05, 4.69) is 4.99 Å². The third kappa shape index (κ3) is 4.31. The first-order chi connectivity index (χ1) is 14.2. The molecule has 8 nitrogen and oxygen atoms in total. The summed E-state index contributed by atoms with van der Waals surface area (Å²) in [4.78, 5) is 5.21. The van der Waals surface area contributed by atoms with Gasteiger partial charge in [0.05, 0.1) is 37.7 Å². The number of halogens is 1. The van der Waals surface area contributed by atoms with Crippen LogP contribution in [0.5, 0.6) is 17.2 Å². The summed E-state index contributed by atoms with van der Waals surface area (Å²) >= 11 is 7.38. The number of primary sulfonamides is 1. The Balaban J connectivity index is 2.12. The zero-order valence-electron chi connectivity index (χ0n) is 16.7. The van der Waals surface area contributed by atoms with Crippen LogP contribution >= 0.6 is 22.9 Å². The number of aromatic nitrogens is 1. The van der Waals surface area contributed by atoms with E-state index in [0.717, 1.165) is 5.69 Å². The number of sulfonamides is 1. The fraction of sp³-hybridized carbons (Fsp3) is 0.211. The summed E-state index contributed by atoms with van der Waals surface area (Å²) in [7, 11) is 2.49. The van der Waals surface area contributed by atoms with Gasteiger partial charge < -0.3 is 18.8 Å². The summed E-state index contributed by atoms with van der Waals surface area (Å²) in [5.74, 6) is 1.46. The van der Waals surface area contributed by atoms with Gasteiger partial charge in [0.25, 0.3) is 0 Å². The Labute approximate surface area is 183 Å². The van der Waals surface area contributed by atoms with Crippen molar-refractivity contribution >= 4 is 38.6 Å². The van der Waals surface area contributed by atoms with E-state index in [1.54, 1.807) is 18.2 Å². The Bertz CT molecular complexity index is 1240. The van der Waals surface area contributed by atoms with Gasteiger partial charge in [0.15, 0.2) is 16.3 Å². The number of methoxy groups -OCH3 is 3. The third-order valence-corrected chi connectivity index (χ3v) is 6.64. The summed E-state index contributed by atoms with van der Waals surface area (Å²) in [6, 6.07) is 8.15.